The summed E-state index contributed by atoms with van der Waals surface area (Å²) < 4.78 is 11.1. The monoisotopic (exact) mass is 245 g/mol. The Morgan fingerprint density at radius 3 is 2.44 bits per heavy atom. The Labute approximate surface area is 99.9 Å². The maximum Gasteiger partial charge on any atom is 0.321 e. The van der Waals surface area contributed by atoms with Crippen molar-refractivity contribution in [3.63, 3.8) is 0 Å². The summed E-state index contributed by atoms with van der Waals surface area (Å²) in [5.41, 5.74) is 0. The molecule has 0 heterocycles. The van der Waals surface area contributed by atoms with E-state index in [1.54, 1.807) is 6.08 Å². The molecule has 0 aromatic carbocycles. The molecule has 0 spiro atoms. The molecule has 0 rings (SSSR count). The topological polar surface area (TPSA) is 47.6 Å². The maximum atomic E-state index is 11.1. The van der Waals surface area contributed by atoms with Gasteiger partial charge < -0.3 is 14.2 Å². The van der Waals surface area contributed by atoms with Crippen molar-refractivity contribution in [2.45, 2.75) is 33.2 Å². The van der Waals surface area contributed by atoms with E-state index in [9.17, 15) is 4.79 Å². The van der Waals surface area contributed by atoms with Gasteiger partial charge in [0, 0.05) is 19.8 Å². The first-order chi connectivity index (χ1) is 7.74. The third-order valence-electron chi connectivity index (χ3n) is 1.94. The van der Waals surface area contributed by atoms with Crippen LogP contribution in [0, 0.1) is 0 Å². The molecule has 0 aliphatic heterocycles. The molecule has 0 bridgehead atoms. The Morgan fingerprint density at radius 1 is 1.31 bits per heavy atom. The molecule has 0 aliphatic rings. The molecule has 0 atom stereocenters. The largest absolute Gasteiger partial charge is 0.397 e. The highest BCUT2D eigenvalue weighted by molar-refractivity contribution is 6.44. The summed E-state index contributed by atoms with van der Waals surface area (Å²) in [6.45, 7) is 7.89. The van der Waals surface area contributed by atoms with Crippen molar-refractivity contribution in [1.82, 2.24) is 5.32 Å². The van der Waals surface area contributed by atoms with Crippen molar-refractivity contribution in [1.29, 1.82) is 0 Å². The molecule has 0 aliphatic carbocycles. The van der Waals surface area contributed by atoms with E-state index in [1.165, 1.54) is 6.08 Å². The predicted molar refractivity (Wildman–Crippen MR) is 67.6 cm³/mol. The lowest BCUT2D eigenvalue weighted by Gasteiger charge is -2.14. The van der Waals surface area contributed by atoms with Crippen LogP contribution in [0.25, 0.3) is 0 Å². The minimum atomic E-state index is -1.48. The fourth-order valence-corrected chi connectivity index (χ4v) is 2.99. The summed E-state index contributed by atoms with van der Waals surface area (Å²) >= 11 is 0. The highest BCUT2D eigenvalue weighted by Crippen LogP contribution is 2.00. The van der Waals surface area contributed by atoms with Crippen LogP contribution in [0.2, 0.25) is 6.04 Å². The van der Waals surface area contributed by atoms with Crippen molar-refractivity contribution < 1.29 is 13.6 Å². The molecular formula is C11H23NO3Si. The van der Waals surface area contributed by atoms with Crippen LogP contribution in [0.1, 0.15) is 27.2 Å². The Balaban J connectivity index is 3.57. The second-order valence-electron chi connectivity index (χ2n) is 3.27. The van der Waals surface area contributed by atoms with Gasteiger partial charge in [0.25, 0.3) is 0 Å². The van der Waals surface area contributed by atoms with Gasteiger partial charge in [-0.05, 0) is 39.3 Å². The standard InChI is InChI=1S/C11H23NO3Si/c1-4-8-11(13)12-9-7-10-16(14-5-2)15-6-3/h4,8,16H,5-7,9-10H2,1-3H3,(H,12,13). The van der Waals surface area contributed by atoms with Crippen molar-refractivity contribution in [2.75, 3.05) is 19.8 Å². The smallest absolute Gasteiger partial charge is 0.321 e. The van der Waals surface area contributed by atoms with Crippen LogP contribution >= 0.6 is 0 Å². The van der Waals surface area contributed by atoms with Gasteiger partial charge in [-0.25, -0.2) is 0 Å². The van der Waals surface area contributed by atoms with Crippen molar-refractivity contribution in [3.05, 3.63) is 12.2 Å². The van der Waals surface area contributed by atoms with Crippen LogP contribution in [-0.2, 0) is 13.6 Å². The number of hydrogen-bond donors (Lipinski definition) is 1. The summed E-state index contributed by atoms with van der Waals surface area (Å²) in [4.78, 5) is 11.1. The molecule has 0 radical (unpaired) electrons. The molecule has 94 valence electrons. The van der Waals surface area contributed by atoms with Crippen LogP contribution in [0.15, 0.2) is 12.2 Å². The lowest BCUT2D eigenvalue weighted by atomic mass is 10.4. The molecule has 1 N–H and O–H groups in total. The van der Waals surface area contributed by atoms with Crippen LogP contribution in [0.3, 0.4) is 0 Å². The summed E-state index contributed by atoms with van der Waals surface area (Å²) in [7, 11) is -1.48. The van der Waals surface area contributed by atoms with E-state index in [-0.39, 0.29) is 5.91 Å². The predicted octanol–water partition coefficient (Wildman–Crippen LogP) is 1.36. The van der Waals surface area contributed by atoms with Crippen LogP contribution < -0.4 is 5.32 Å². The van der Waals surface area contributed by atoms with Crippen molar-refractivity contribution >= 4 is 15.2 Å². The third kappa shape index (κ3) is 8.64. The molecule has 0 unspecified atom stereocenters. The second-order valence-corrected chi connectivity index (χ2v) is 5.38. The highest BCUT2D eigenvalue weighted by atomic mass is 28.3. The molecule has 16 heavy (non-hydrogen) atoms. The zero-order valence-corrected chi connectivity index (χ0v) is 11.6. The zero-order valence-electron chi connectivity index (χ0n) is 10.5. The van der Waals surface area contributed by atoms with Gasteiger partial charge in [0.15, 0.2) is 0 Å². The third-order valence-corrected chi connectivity index (χ3v) is 4.23. The van der Waals surface area contributed by atoms with Gasteiger partial charge in [-0.3, -0.25) is 4.79 Å². The van der Waals surface area contributed by atoms with E-state index in [1.807, 2.05) is 20.8 Å². The number of carbonyl (C=O) groups excluding carboxylic acids is 1. The average molecular weight is 245 g/mol. The van der Waals surface area contributed by atoms with Crippen LogP contribution in [-0.4, -0.2) is 34.9 Å². The molecular weight excluding hydrogens is 222 g/mol. The zero-order chi connectivity index (χ0) is 12.2. The van der Waals surface area contributed by atoms with Gasteiger partial charge >= 0.3 is 9.28 Å². The van der Waals surface area contributed by atoms with Gasteiger partial charge in [0.05, 0.1) is 0 Å². The number of carbonyl (C=O) groups is 1. The minimum Gasteiger partial charge on any atom is -0.397 e. The number of amides is 1. The molecule has 4 nitrogen and oxygen atoms in total. The number of nitrogens with one attached hydrogen (secondary N) is 1. The summed E-state index contributed by atoms with van der Waals surface area (Å²) in [6, 6.07) is 0.942. The second kappa shape index (κ2) is 10.9. The average Bonchev–Trinajstić information content (AvgIpc) is 2.25. The number of allylic oxidation sites excluding steroid dienone is 1. The van der Waals surface area contributed by atoms with Gasteiger partial charge in [-0.2, -0.15) is 0 Å². The van der Waals surface area contributed by atoms with Crippen LogP contribution in [0.5, 0.6) is 0 Å². The van der Waals surface area contributed by atoms with Crippen molar-refractivity contribution in [2.24, 2.45) is 0 Å². The normalized spacial score (nSPS) is 11.2. The summed E-state index contributed by atoms with van der Waals surface area (Å²) in [5, 5.41) is 2.81. The first-order valence-corrected chi connectivity index (χ1v) is 7.64. The number of rotatable bonds is 9. The Morgan fingerprint density at radius 2 is 1.94 bits per heavy atom. The number of hydrogen-bond acceptors (Lipinski definition) is 3. The van der Waals surface area contributed by atoms with Gasteiger partial charge in [-0.15, -0.1) is 0 Å². The molecule has 0 fully saturated rings. The molecule has 0 aromatic heterocycles. The Bertz CT molecular complexity index is 203. The lowest BCUT2D eigenvalue weighted by Crippen LogP contribution is -2.26. The quantitative estimate of drug-likeness (QED) is 0.379. The molecule has 0 saturated heterocycles. The van der Waals surface area contributed by atoms with Gasteiger partial charge in [0.2, 0.25) is 5.91 Å². The molecule has 1 amide bonds. The SMILES string of the molecule is CC=CC(=O)NCCC[SiH](OCC)OCC. The van der Waals surface area contributed by atoms with Crippen molar-refractivity contribution in [3.8, 4) is 0 Å². The minimum absolute atomic E-state index is 0.0338. The Kier molecular flexibility index (Phi) is 10.4. The summed E-state index contributed by atoms with van der Waals surface area (Å²) in [6.07, 6.45) is 4.17. The fourth-order valence-electron chi connectivity index (χ4n) is 1.28. The van der Waals surface area contributed by atoms with E-state index >= 15 is 0 Å². The molecule has 5 heteroatoms. The van der Waals surface area contributed by atoms with Gasteiger partial charge in [0.1, 0.15) is 0 Å². The molecule has 0 aromatic rings. The van der Waals surface area contributed by atoms with E-state index in [2.05, 4.69) is 5.32 Å². The first kappa shape index (κ1) is 15.3. The van der Waals surface area contributed by atoms with E-state index in [0.717, 1.165) is 12.5 Å². The molecule has 0 saturated carbocycles. The van der Waals surface area contributed by atoms with E-state index < -0.39 is 9.28 Å². The maximum absolute atomic E-state index is 11.1. The summed E-state index contributed by atoms with van der Waals surface area (Å²) in [5.74, 6) is -0.0338. The fraction of sp³-hybridized carbons (Fsp3) is 0.727. The first-order valence-electron chi connectivity index (χ1n) is 5.88. The van der Waals surface area contributed by atoms with Crippen LogP contribution in [0.4, 0.5) is 0 Å². The van der Waals surface area contributed by atoms with E-state index in [0.29, 0.717) is 19.8 Å². The Hall–Kier alpha value is -0.653. The highest BCUT2D eigenvalue weighted by Gasteiger charge is 2.11. The van der Waals surface area contributed by atoms with Gasteiger partial charge in [-0.1, -0.05) is 6.08 Å². The van der Waals surface area contributed by atoms with E-state index in [4.69, 9.17) is 8.85 Å². The lowest BCUT2D eigenvalue weighted by molar-refractivity contribution is -0.116.